The van der Waals surface area contributed by atoms with Crippen molar-refractivity contribution in [1.29, 1.82) is 0 Å². The normalized spacial score (nSPS) is 10.6. The van der Waals surface area contributed by atoms with Gasteiger partial charge in [0, 0.05) is 16.6 Å². The van der Waals surface area contributed by atoms with Gasteiger partial charge in [-0.2, -0.15) is 0 Å². The summed E-state index contributed by atoms with van der Waals surface area (Å²) in [4.78, 5) is 23.6. The third kappa shape index (κ3) is 3.15. The number of Topliss-reactive ketones (excluding diaryl/α,β-unsaturated/α-hetero) is 1. The summed E-state index contributed by atoms with van der Waals surface area (Å²) in [6.07, 6.45) is 0. The van der Waals surface area contributed by atoms with Crippen molar-refractivity contribution in [2.45, 2.75) is 13.8 Å². The van der Waals surface area contributed by atoms with Crippen LogP contribution >= 0.6 is 0 Å². The quantitative estimate of drug-likeness (QED) is 0.711. The molecule has 1 aromatic heterocycles. The number of carbonyl (C=O) groups is 2. The van der Waals surface area contributed by atoms with E-state index in [2.05, 4.69) is 5.32 Å². The zero-order chi connectivity index (χ0) is 17.1. The van der Waals surface area contributed by atoms with Gasteiger partial charge in [0.25, 0.3) is 5.91 Å². The molecule has 122 valence electrons. The number of para-hydroxylation sites is 1. The van der Waals surface area contributed by atoms with Gasteiger partial charge in [-0.15, -0.1) is 0 Å². The standard InChI is InChI=1S/C19H17NO4/c1-3-23-16-6-4-5-14-11-17(24-18(14)16)19(22)20-15-9-7-13(8-10-15)12(2)21/h4-11H,3H2,1-2H3,(H,20,22). The molecule has 0 aliphatic heterocycles. The molecule has 1 heterocycles. The van der Waals surface area contributed by atoms with Crippen molar-refractivity contribution in [3.8, 4) is 5.75 Å². The number of fused-ring (bicyclic) bond motifs is 1. The van der Waals surface area contributed by atoms with Crippen LogP contribution in [-0.2, 0) is 0 Å². The number of ether oxygens (including phenoxy) is 1. The molecule has 0 unspecified atom stereocenters. The molecule has 3 aromatic rings. The number of hydrogen-bond donors (Lipinski definition) is 1. The van der Waals surface area contributed by atoms with Crippen LogP contribution in [0.15, 0.2) is 52.9 Å². The smallest absolute Gasteiger partial charge is 0.291 e. The molecule has 0 spiro atoms. The van der Waals surface area contributed by atoms with E-state index in [0.717, 1.165) is 5.39 Å². The van der Waals surface area contributed by atoms with E-state index in [9.17, 15) is 9.59 Å². The Hall–Kier alpha value is -3.08. The third-order valence-corrected chi connectivity index (χ3v) is 3.58. The van der Waals surface area contributed by atoms with E-state index < -0.39 is 0 Å². The van der Waals surface area contributed by atoms with Crippen LogP contribution in [0.25, 0.3) is 11.0 Å². The van der Waals surface area contributed by atoms with Crippen LogP contribution in [0.4, 0.5) is 5.69 Å². The Balaban J connectivity index is 1.83. The van der Waals surface area contributed by atoms with Crippen molar-refractivity contribution in [3.63, 3.8) is 0 Å². The first kappa shape index (κ1) is 15.8. The predicted molar refractivity (Wildman–Crippen MR) is 91.8 cm³/mol. The van der Waals surface area contributed by atoms with Crippen molar-refractivity contribution in [2.75, 3.05) is 11.9 Å². The Bertz CT molecular complexity index is 893. The van der Waals surface area contributed by atoms with Crippen molar-refractivity contribution < 1.29 is 18.7 Å². The zero-order valence-electron chi connectivity index (χ0n) is 13.5. The first-order valence-electron chi connectivity index (χ1n) is 7.66. The number of amides is 1. The van der Waals surface area contributed by atoms with Crippen LogP contribution in [0, 0.1) is 0 Å². The van der Waals surface area contributed by atoms with E-state index in [-0.39, 0.29) is 17.5 Å². The van der Waals surface area contributed by atoms with Gasteiger partial charge in [0.2, 0.25) is 0 Å². The van der Waals surface area contributed by atoms with Gasteiger partial charge >= 0.3 is 0 Å². The van der Waals surface area contributed by atoms with Gasteiger partial charge in [0.15, 0.2) is 22.9 Å². The summed E-state index contributed by atoms with van der Waals surface area (Å²) in [7, 11) is 0. The van der Waals surface area contributed by atoms with Gasteiger partial charge in [-0.1, -0.05) is 12.1 Å². The SMILES string of the molecule is CCOc1cccc2cc(C(=O)Nc3ccc(C(C)=O)cc3)oc12. The fourth-order valence-electron chi connectivity index (χ4n) is 2.40. The van der Waals surface area contributed by atoms with E-state index in [0.29, 0.717) is 29.2 Å². The average molecular weight is 323 g/mol. The lowest BCUT2D eigenvalue weighted by Crippen LogP contribution is -2.10. The van der Waals surface area contributed by atoms with E-state index in [1.54, 1.807) is 36.4 Å². The van der Waals surface area contributed by atoms with Gasteiger partial charge in [-0.25, -0.2) is 0 Å². The Morgan fingerprint density at radius 2 is 1.88 bits per heavy atom. The summed E-state index contributed by atoms with van der Waals surface area (Å²) in [6.45, 7) is 3.90. The summed E-state index contributed by atoms with van der Waals surface area (Å²) in [5.41, 5.74) is 1.74. The molecule has 2 aromatic carbocycles. The molecule has 0 saturated heterocycles. The lowest BCUT2D eigenvalue weighted by Gasteiger charge is -2.04. The highest BCUT2D eigenvalue weighted by Gasteiger charge is 2.15. The largest absolute Gasteiger partial charge is 0.490 e. The van der Waals surface area contributed by atoms with Crippen molar-refractivity contribution in [3.05, 3.63) is 59.9 Å². The van der Waals surface area contributed by atoms with Crippen LogP contribution in [-0.4, -0.2) is 18.3 Å². The van der Waals surface area contributed by atoms with E-state index in [1.165, 1.54) is 6.92 Å². The summed E-state index contributed by atoms with van der Waals surface area (Å²) in [5, 5.41) is 3.56. The lowest BCUT2D eigenvalue weighted by atomic mass is 10.1. The molecular weight excluding hydrogens is 306 g/mol. The monoisotopic (exact) mass is 323 g/mol. The predicted octanol–water partition coefficient (Wildman–Crippen LogP) is 4.29. The summed E-state index contributed by atoms with van der Waals surface area (Å²) < 4.78 is 11.2. The molecule has 1 amide bonds. The van der Waals surface area contributed by atoms with Gasteiger partial charge in [-0.3, -0.25) is 9.59 Å². The second-order valence-corrected chi connectivity index (χ2v) is 5.31. The molecule has 1 N–H and O–H groups in total. The van der Waals surface area contributed by atoms with Crippen LogP contribution in [0.2, 0.25) is 0 Å². The summed E-state index contributed by atoms with van der Waals surface area (Å²) >= 11 is 0. The second-order valence-electron chi connectivity index (χ2n) is 5.31. The van der Waals surface area contributed by atoms with Gasteiger partial charge < -0.3 is 14.5 Å². The molecule has 5 nitrogen and oxygen atoms in total. The molecule has 0 aliphatic rings. The van der Waals surface area contributed by atoms with Crippen LogP contribution in [0.5, 0.6) is 5.75 Å². The van der Waals surface area contributed by atoms with Crippen LogP contribution in [0.1, 0.15) is 34.8 Å². The van der Waals surface area contributed by atoms with Gasteiger partial charge in [-0.05, 0) is 50.2 Å². The molecule has 5 heteroatoms. The molecule has 0 radical (unpaired) electrons. The Labute approximate surface area is 139 Å². The lowest BCUT2D eigenvalue weighted by molar-refractivity contribution is 0.0996. The fraction of sp³-hybridized carbons (Fsp3) is 0.158. The summed E-state index contributed by atoms with van der Waals surface area (Å²) in [6, 6.07) is 13.9. The molecule has 24 heavy (non-hydrogen) atoms. The van der Waals surface area contributed by atoms with E-state index in [4.69, 9.17) is 9.15 Å². The van der Waals surface area contributed by atoms with Gasteiger partial charge in [0.1, 0.15) is 0 Å². The number of benzene rings is 2. The Morgan fingerprint density at radius 3 is 2.54 bits per heavy atom. The van der Waals surface area contributed by atoms with Crippen molar-refractivity contribution in [2.24, 2.45) is 0 Å². The molecule has 3 rings (SSSR count). The maximum absolute atomic E-state index is 12.4. The first-order valence-corrected chi connectivity index (χ1v) is 7.66. The highest BCUT2D eigenvalue weighted by molar-refractivity contribution is 6.05. The minimum absolute atomic E-state index is 0.0198. The number of furan rings is 1. The molecule has 0 aliphatic carbocycles. The molecule has 0 bridgehead atoms. The number of carbonyl (C=O) groups excluding carboxylic acids is 2. The van der Waals surface area contributed by atoms with E-state index in [1.807, 2.05) is 19.1 Å². The van der Waals surface area contributed by atoms with Crippen LogP contribution < -0.4 is 10.1 Å². The second kappa shape index (κ2) is 6.58. The fourth-order valence-corrected chi connectivity index (χ4v) is 2.40. The number of ketones is 1. The minimum Gasteiger partial charge on any atom is -0.490 e. The summed E-state index contributed by atoms with van der Waals surface area (Å²) in [5.74, 6) is 0.436. The number of hydrogen-bond acceptors (Lipinski definition) is 4. The minimum atomic E-state index is -0.357. The molecule has 0 fully saturated rings. The topological polar surface area (TPSA) is 68.5 Å². The van der Waals surface area contributed by atoms with Crippen molar-refractivity contribution in [1.82, 2.24) is 0 Å². The Kier molecular flexibility index (Phi) is 4.33. The zero-order valence-corrected chi connectivity index (χ0v) is 13.5. The average Bonchev–Trinajstić information content (AvgIpc) is 3.01. The third-order valence-electron chi connectivity index (χ3n) is 3.58. The Morgan fingerprint density at radius 1 is 1.12 bits per heavy atom. The number of nitrogens with one attached hydrogen (secondary N) is 1. The van der Waals surface area contributed by atoms with E-state index >= 15 is 0 Å². The highest BCUT2D eigenvalue weighted by Crippen LogP contribution is 2.29. The number of anilines is 1. The maximum atomic E-state index is 12.4. The molecule has 0 saturated carbocycles. The highest BCUT2D eigenvalue weighted by atomic mass is 16.5. The number of rotatable bonds is 5. The molecule has 0 atom stereocenters. The maximum Gasteiger partial charge on any atom is 0.291 e. The van der Waals surface area contributed by atoms with Crippen LogP contribution in [0.3, 0.4) is 0 Å². The van der Waals surface area contributed by atoms with Crippen molar-refractivity contribution >= 4 is 28.3 Å². The van der Waals surface area contributed by atoms with Gasteiger partial charge in [0.05, 0.1) is 6.61 Å². The first-order chi connectivity index (χ1) is 11.6. The molecular formula is C19H17NO4.